The smallest absolute Gasteiger partial charge is 0.180 e. The predicted octanol–water partition coefficient (Wildman–Crippen LogP) is 2.29. The third-order valence-electron chi connectivity index (χ3n) is 2.53. The lowest BCUT2D eigenvalue weighted by molar-refractivity contribution is 1.20. The van der Waals surface area contributed by atoms with E-state index in [1.807, 2.05) is 30.6 Å². The van der Waals surface area contributed by atoms with E-state index in [2.05, 4.69) is 36.5 Å². The van der Waals surface area contributed by atoms with Gasteiger partial charge in [0.1, 0.15) is 11.8 Å². The first kappa shape index (κ1) is 10.5. The zero-order valence-electron chi connectivity index (χ0n) is 9.56. The Morgan fingerprint density at radius 1 is 1.00 bits per heavy atom. The summed E-state index contributed by atoms with van der Waals surface area (Å²) in [6, 6.07) is 10.3. The number of rotatable bonds is 0. The maximum absolute atomic E-state index is 3.91. The van der Waals surface area contributed by atoms with Gasteiger partial charge in [0.15, 0.2) is 5.65 Å². The van der Waals surface area contributed by atoms with Crippen LogP contribution in [0.15, 0.2) is 61.6 Å². The fraction of sp³-hybridized carbons (Fsp3) is 0. The van der Waals surface area contributed by atoms with Crippen molar-refractivity contribution in [2.75, 3.05) is 0 Å². The molecule has 5 heteroatoms. The van der Waals surface area contributed by atoms with Crippen LogP contribution in [0.5, 0.6) is 0 Å². The lowest BCUT2D eigenvalue weighted by Gasteiger charge is -1.88. The third-order valence-corrected chi connectivity index (χ3v) is 2.53. The first-order valence-corrected chi connectivity index (χ1v) is 5.54. The van der Waals surface area contributed by atoms with Gasteiger partial charge in [0.2, 0.25) is 0 Å². The van der Waals surface area contributed by atoms with Crippen LogP contribution in [0.4, 0.5) is 0 Å². The lowest BCUT2D eigenvalue weighted by atomic mass is 10.4. The molecule has 0 aliphatic heterocycles. The Kier molecular flexibility index (Phi) is 2.71. The van der Waals surface area contributed by atoms with E-state index in [0.29, 0.717) is 5.65 Å². The number of nitrogens with zero attached hydrogens (tertiary/aromatic N) is 4. The van der Waals surface area contributed by atoms with E-state index >= 15 is 0 Å². The first-order valence-electron chi connectivity index (χ1n) is 5.54. The van der Waals surface area contributed by atoms with E-state index in [1.54, 1.807) is 12.5 Å². The molecule has 0 amide bonds. The van der Waals surface area contributed by atoms with E-state index < -0.39 is 0 Å². The number of H-pyrrole nitrogens is 1. The van der Waals surface area contributed by atoms with Crippen LogP contribution in [0.3, 0.4) is 0 Å². The van der Waals surface area contributed by atoms with Crippen molar-refractivity contribution in [1.29, 1.82) is 0 Å². The van der Waals surface area contributed by atoms with Gasteiger partial charge in [-0.25, -0.2) is 15.0 Å². The highest BCUT2D eigenvalue weighted by molar-refractivity contribution is 5.67. The highest BCUT2D eigenvalue weighted by Crippen LogP contribution is 2.01. The molecule has 0 bridgehead atoms. The molecule has 0 unspecified atom stereocenters. The summed E-state index contributed by atoms with van der Waals surface area (Å²) >= 11 is 0. The van der Waals surface area contributed by atoms with Crippen molar-refractivity contribution in [2.24, 2.45) is 0 Å². The molecule has 4 aromatic heterocycles. The van der Waals surface area contributed by atoms with Crippen LogP contribution < -0.4 is 0 Å². The molecule has 0 spiro atoms. The zero-order valence-corrected chi connectivity index (χ0v) is 9.56. The van der Waals surface area contributed by atoms with Gasteiger partial charge in [0.05, 0.1) is 12.5 Å². The molecule has 4 aromatic rings. The zero-order chi connectivity index (χ0) is 12.2. The second-order valence-electron chi connectivity index (χ2n) is 3.70. The number of nitrogens with one attached hydrogen (secondary N) is 1. The Morgan fingerprint density at radius 2 is 1.89 bits per heavy atom. The molecular weight excluding hydrogens is 226 g/mol. The Morgan fingerprint density at radius 3 is 2.78 bits per heavy atom. The monoisotopic (exact) mass is 237 g/mol. The molecule has 18 heavy (non-hydrogen) atoms. The van der Waals surface area contributed by atoms with Gasteiger partial charge in [-0.05, 0) is 24.3 Å². The van der Waals surface area contributed by atoms with Crippen LogP contribution in [0.1, 0.15) is 0 Å². The van der Waals surface area contributed by atoms with Gasteiger partial charge < -0.3 is 9.38 Å². The topological polar surface area (TPSA) is 58.9 Å². The number of hydrogen-bond acceptors (Lipinski definition) is 3. The Bertz CT molecular complexity index is 629. The number of hydrogen-bond donors (Lipinski definition) is 1. The Labute approximate surface area is 103 Å². The molecule has 4 rings (SSSR count). The average Bonchev–Trinajstić information content (AvgIpc) is 3.08. The number of imidazole rings is 1. The molecule has 0 fully saturated rings. The second-order valence-corrected chi connectivity index (χ2v) is 3.70. The van der Waals surface area contributed by atoms with Crippen LogP contribution in [0.25, 0.3) is 16.7 Å². The summed E-state index contributed by atoms with van der Waals surface area (Å²) in [5.74, 6) is 0. The van der Waals surface area contributed by atoms with Crippen LogP contribution >= 0.6 is 0 Å². The molecule has 4 heterocycles. The summed E-state index contributed by atoms with van der Waals surface area (Å²) in [5.41, 5.74) is 2.83. The molecule has 0 aliphatic rings. The van der Waals surface area contributed by atoms with Crippen LogP contribution in [0.2, 0.25) is 0 Å². The number of aromatic nitrogens is 5. The SMILES string of the molecule is c1ccn2cccc2c1.c1ncc2[nH]cnc2n1. The van der Waals surface area contributed by atoms with Crippen LogP contribution in [-0.4, -0.2) is 24.3 Å². The number of aromatic amines is 1. The van der Waals surface area contributed by atoms with E-state index in [1.165, 1.54) is 11.8 Å². The average molecular weight is 237 g/mol. The molecule has 0 aromatic carbocycles. The summed E-state index contributed by atoms with van der Waals surface area (Å²) in [7, 11) is 0. The van der Waals surface area contributed by atoms with Gasteiger partial charge in [-0.2, -0.15) is 0 Å². The highest BCUT2D eigenvalue weighted by atomic mass is 15.0. The molecule has 0 saturated carbocycles. The second kappa shape index (κ2) is 4.67. The minimum atomic E-state index is 0.713. The van der Waals surface area contributed by atoms with Gasteiger partial charge >= 0.3 is 0 Å². The van der Waals surface area contributed by atoms with E-state index in [0.717, 1.165) is 5.52 Å². The fourth-order valence-corrected chi connectivity index (χ4v) is 1.67. The Balaban J connectivity index is 0.000000111. The fourth-order valence-electron chi connectivity index (χ4n) is 1.67. The van der Waals surface area contributed by atoms with E-state index in [-0.39, 0.29) is 0 Å². The standard InChI is InChI=1S/C8H7N.C5H4N4/c1-2-6-9-7-3-5-8(9)4-1;1-4-5(8-2-6-1)9-3-7-4/h1-7H;1-3H,(H,6,7,8,9). The van der Waals surface area contributed by atoms with Crippen molar-refractivity contribution in [1.82, 2.24) is 24.3 Å². The third kappa shape index (κ3) is 2.06. The largest absolute Gasteiger partial charge is 0.342 e. The van der Waals surface area contributed by atoms with Crippen LogP contribution in [-0.2, 0) is 0 Å². The van der Waals surface area contributed by atoms with Crippen molar-refractivity contribution in [3.8, 4) is 0 Å². The summed E-state index contributed by atoms with van der Waals surface area (Å²) in [6.07, 6.45) is 8.84. The minimum Gasteiger partial charge on any atom is -0.342 e. The molecular formula is C13H11N5. The Hall–Kier alpha value is -2.69. The van der Waals surface area contributed by atoms with Crippen molar-refractivity contribution >= 4 is 16.7 Å². The highest BCUT2D eigenvalue weighted by Gasteiger charge is 1.91. The summed E-state index contributed by atoms with van der Waals surface area (Å²) in [4.78, 5) is 14.5. The molecule has 0 atom stereocenters. The van der Waals surface area contributed by atoms with E-state index in [4.69, 9.17) is 0 Å². The molecule has 5 nitrogen and oxygen atoms in total. The van der Waals surface area contributed by atoms with Crippen molar-refractivity contribution in [3.63, 3.8) is 0 Å². The first-order chi connectivity index (χ1) is 8.93. The molecule has 0 saturated heterocycles. The maximum Gasteiger partial charge on any atom is 0.180 e. The van der Waals surface area contributed by atoms with Gasteiger partial charge in [-0.1, -0.05) is 6.07 Å². The molecule has 0 aliphatic carbocycles. The van der Waals surface area contributed by atoms with Gasteiger partial charge in [0, 0.05) is 17.9 Å². The molecule has 0 radical (unpaired) electrons. The lowest BCUT2D eigenvalue weighted by Crippen LogP contribution is -1.76. The number of pyridine rings is 1. The van der Waals surface area contributed by atoms with Gasteiger partial charge in [0.25, 0.3) is 0 Å². The maximum atomic E-state index is 3.91. The summed E-state index contributed by atoms with van der Waals surface area (Å²) in [6.45, 7) is 0. The van der Waals surface area contributed by atoms with Gasteiger partial charge in [-0.15, -0.1) is 0 Å². The van der Waals surface area contributed by atoms with Gasteiger partial charge in [-0.3, -0.25) is 0 Å². The normalized spacial score (nSPS) is 10.2. The van der Waals surface area contributed by atoms with Crippen molar-refractivity contribution in [2.45, 2.75) is 0 Å². The van der Waals surface area contributed by atoms with Crippen LogP contribution in [0, 0.1) is 0 Å². The predicted molar refractivity (Wildman–Crippen MR) is 69.1 cm³/mol. The minimum absolute atomic E-state index is 0.713. The summed E-state index contributed by atoms with van der Waals surface area (Å²) < 4.78 is 2.08. The number of fused-ring (bicyclic) bond motifs is 2. The summed E-state index contributed by atoms with van der Waals surface area (Å²) in [5, 5.41) is 0. The van der Waals surface area contributed by atoms with Crippen molar-refractivity contribution < 1.29 is 0 Å². The molecule has 1 N–H and O–H groups in total. The quantitative estimate of drug-likeness (QED) is 0.510. The molecule has 88 valence electrons. The van der Waals surface area contributed by atoms with E-state index in [9.17, 15) is 0 Å². The van der Waals surface area contributed by atoms with Crippen molar-refractivity contribution in [3.05, 3.63) is 61.6 Å².